The molecule has 0 aliphatic carbocycles. The van der Waals surface area contributed by atoms with E-state index >= 15 is 0 Å². The largest absolute Gasteiger partial charge is 0.295 e. The van der Waals surface area contributed by atoms with Gasteiger partial charge in [-0.2, -0.15) is 0 Å². The van der Waals surface area contributed by atoms with Crippen LogP contribution in [0.25, 0.3) is 0 Å². The van der Waals surface area contributed by atoms with Crippen LogP contribution in [0.2, 0.25) is 0 Å². The van der Waals surface area contributed by atoms with Gasteiger partial charge in [0.15, 0.2) is 0 Å². The third kappa shape index (κ3) is 1.86. The van der Waals surface area contributed by atoms with Crippen molar-refractivity contribution < 1.29 is 25.5 Å². The maximum absolute atomic E-state index is 12.5. The van der Waals surface area contributed by atoms with Crippen molar-refractivity contribution in [3.8, 4) is 0 Å². The Morgan fingerprint density at radius 2 is 2.00 bits per heavy atom. The van der Waals surface area contributed by atoms with Gasteiger partial charge < -0.3 is 0 Å². The standard InChI is InChI=1S/C13H9N3O6/c17-9-5-4-8(11(18)14-9)15-12(19)6-2-1-3-7(16(21)22)10(6)13(15)20/h1-3,8H,4-5H2,(H,14,17,18)/i8D. The van der Waals surface area contributed by atoms with Crippen LogP contribution in [0.4, 0.5) is 5.69 Å². The predicted molar refractivity (Wildman–Crippen MR) is 69.8 cm³/mol. The molecule has 0 saturated carbocycles. The van der Waals surface area contributed by atoms with Crippen molar-refractivity contribution >= 4 is 29.3 Å². The number of nitrogens with zero attached hydrogens (tertiary/aromatic N) is 2. The van der Waals surface area contributed by atoms with E-state index in [1.165, 1.54) is 12.1 Å². The second kappa shape index (κ2) is 4.72. The van der Waals surface area contributed by atoms with Crippen molar-refractivity contribution in [1.82, 2.24) is 10.2 Å². The lowest BCUT2D eigenvalue weighted by Gasteiger charge is -2.27. The first-order valence-corrected chi connectivity index (χ1v) is 6.28. The smallest absolute Gasteiger partial charge is 0.282 e. The Hall–Kier alpha value is -3.10. The number of rotatable bonds is 2. The van der Waals surface area contributed by atoms with Crippen LogP contribution in [0.3, 0.4) is 0 Å². The number of amides is 4. The number of hydrogen-bond acceptors (Lipinski definition) is 6. The first-order chi connectivity index (χ1) is 10.8. The van der Waals surface area contributed by atoms with E-state index < -0.39 is 45.8 Å². The molecule has 2 heterocycles. The minimum Gasteiger partial charge on any atom is -0.295 e. The molecule has 0 radical (unpaired) electrons. The van der Waals surface area contributed by atoms with Gasteiger partial charge in [0, 0.05) is 12.5 Å². The Morgan fingerprint density at radius 3 is 2.64 bits per heavy atom. The minimum atomic E-state index is -2.31. The molecule has 1 fully saturated rings. The van der Waals surface area contributed by atoms with Gasteiger partial charge in [-0.3, -0.25) is 39.5 Å². The monoisotopic (exact) mass is 304 g/mol. The molecule has 1 unspecified atom stereocenters. The van der Waals surface area contributed by atoms with Crippen LogP contribution in [0.15, 0.2) is 18.2 Å². The van der Waals surface area contributed by atoms with Crippen molar-refractivity contribution in [1.29, 1.82) is 0 Å². The summed E-state index contributed by atoms with van der Waals surface area (Å²) in [5.41, 5.74) is -1.25. The Balaban J connectivity index is 2.11. The highest BCUT2D eigenvalue weighted by Gasteiger charge is 2.47. The van der Waals surface area contributed by atoms with E-state index in [0.717, 1.165) is 6.07 Å². The lowest BCUT2D eigenvalue weighted by Crippen LogP contribution is -2.54. The van der Waals surface area contributed by atoms with E-state index in [-0.39, 0.29) is 18.4 Å². The van der Waals surface area contributed by atoms with Crippen LogP contribution in [0.5, 0.6) is 0 Å². The van der Waals surface area contributed by atoms with Gasteiger partial charge in [0.05, 0.1) is 11.9 Å². The third-order valence-electron chi connectivity index (χ3n) is 3.46. The molecular weight excluding hydrogens is 294 g/mol. The molecule has 4 amide bonds. The van der Waals surface area contributed by atoms with Gasteiger partial charge in [0.2, 0.25) is 11.8 Å². The summed E-state index contributed by atoms with van der Waals surface area (Å²) in [6, 6.07) is 1.22. The van der Waals surface area contributed by atoms with Gasteiger partial charge in [0.25, 0.3) is 17.5 Å². The zero-order chi connectivity index (χ0) is 16.9. The van der Waals surface area contributed by atoms with Crippen molar-refractivity contribution in [2.24, 2.45) is 0 Å². The van der Waals surface area contributed by atoms with Gasteiger partial charge in [-0.15, -0.1) is 0 Å². The Morgan fingerprint density at radius 1 is 1.27 bits per heavy atom. The highest BCUT2D eigenvalue weighted by atomic mass is 16.6. The highest BCUT2D eigenvalue weighted by Crippen LogP contribution is 2.33. The van der Waals surface area contributed by atoms with Crippen molar-refractivity contribution in [3.63, 3.8) is 0 Å². The summed E-state index contributed by atoms with van der Waals surface area (Å²) in [4.78, 5) is 58.7. The second-order valence-electron chi connectivity index (χ2n) is 4.73. The lowest BCUT2D eigenvalue weighted by molar-refractivity contribution is -0.385. The Labute approximate surface area is 124 Å². The molecule has 22 heavy (non-hydrogen) atoms. The number of nitro benzene ring substituents is 1. The van der Waals surface area contributed by atoms with Crippen LogP contribution in [0.1, 0.15) is 34.9 Å². The fourth-order valence-electron chi connectivity index (χ4n) is 2.48. The SMILES string of the molecule is [2H]C1(N2C(=O)c3cccc([N+](=O)[O-])c3C2=O)CCC(=O)NC1=O. The van der Waals surface area contributed by atoms with Crippen molar-refractivity contribution in [3.05, 3.63) is 39.4 Å². The molecular formula is C13H9N3O6. The average Bonchev–Trinajstić information content (AvgIpc) is 2.76. The summed E-state index contributed by atoms with van der Waals surface area (Å²) in [6.45, 7) is 0. The van der Waals surface area contributed by atoms with Crippen molar-refractivity contribution in [2.45, 2.75) is 18.9 Å². The summed E-state index contributed by atoms with van der Waals surface area (Å²) in [5, 5.41) is 12.9. The first kappa shape index (κ1) is 12.6. The van der Waals surface area contributed by atoms with E-state index in [0.29, 0.717) is 4.90 Å². The molecule has 3 rings (SSSR count). The summed E-state index contributed by atoms with van der Waals surface area (Å²) >= 11 is 0. The van der Waals surface area contributed by atoms with E-state index in [1.807, 2.05) is 5.32 Å². The van der Waals surface area contributed by atoms with E-state index in [2.05, 4.69) is 0 Å². The molecule has 0 aromatic heterocycles. The molecule has 2 aliphatic heterocycles. The van der Waals surface area contributed by atoms with Crippen LogP contribution >= 0.6 is 0 Å². The van der Waals surface area contributed by atoms with Crippen LogP contribution in [-0.4, -0.2) is 39.5 Å². The molecule has 2 aliphatic rings. The second-order valence-corrected chi connectivity index (χ2v) is 4.73. The van der Waals surface area contributed by atoms with Gasteiger partial charge in [0.1, 0.15) is 11.6 Å². The summed E-state index contributed by atoms with van der Waals surface area (Å²) < 4.78 is 8.18. The fraction of sp³-hybridized carbons (Fsp3) is 0.231. The van der Waals surface area contributed by atoms with Crippen molar-refractivity contribution in [2.75, 3.05) is 0 Å². The summed E-state index contributed by atoms with van der Waals surface area (Å²) in [6.07, 6.45) is -0.582. The summed E-state index contributed by atoms with van der Waals surface area (Å²) in [5.74, 6) is -3.77. The number of fused-ring (bicyclic) bond motifs is 1. The van der Waals surface area contributed by atoms with E-state index in [1.54, 1.807) is 0 Å². The zero-order valence-corrected chi connectivity index (χ0v) is 11.0. The molecule has 1 saturated heterocycles. The first-order valence-electron chi connectivity index (χ1n) is 6.78. The van der Waals surface area contributed by atoms with Crippen LogP contribution in [0, 0.1) is 10.1 Å². The molecule has 112 valence electrons. The number of imide groups is 2. The third-order valence-corrected chi connectivity index (χ3v) is 3.46. The maximum Gasteiger partial charge on any atom is 0.282 e. The Bertz CT molecular complexity index is 807. The van der Waals surface area contributed by atoms with Gasteiger partial charge in [-0.25, -0.2) is 0 Å². The van der Waals surface area contributed by atoms with Gasteiger partial charge >= 0.3 is 0 Å². The zero-order valence-electron chi connectivity index (χ0n) is 12.0. The molecule has 1 N–H and O–H groups in total. The number of carbonyl (C=O) groups is 4. The van der Waals surface area contributed by atoms with Crippen LogP contribution in [-0.2, 0) is 9.59 Å². The number of benzene rings is 1. The molecule has 1 aromatic carbocycles. The van der Waals surface area contributed by atoms with E-state index in [9.17, 15) is 29.3 Å². The van der Waals surface area contributed by atoms with Crippen LogP contribution < -0.4 is 5.32 Å². The molecule has 9 heteroatoms. The average molecular weight is 304 g/mol. The predicted octanol–water partition coefficient (Wildman–Crippen LogP) is -0.00400. The Kier molecular flexibility index (Phi) is 2.71. The van der Waals surface area contributed by atoms with Gasteiger partial charge in [-0.05, 0) is 12.5 Å². The number of nitrogens with one attached hydrogen (secondary N) is 1. The van der Waals surface area contributed by atoms with E-state index in [4.69, 9.17) is 1.37 Å². The molecule has 0 bridgehead atoms. The molecule has 9 nitrogen and oxygen atoms in total. The quantitative estimate of drug-likeness (QED) is 0.465. The highest BCUT2D eigenvalue weighted by molar-refractivity contribution is 6.25. The normalized spacial score (nSPS) is 24.9. The van der Waals surface area contributed by atoms with Gasteiger partial charge in [-0.1, -0.05) is 6.07 Å². The maximum atomic E-state index is 12.5. The number of piperidine rings is 1. The molecule has 1 atom stereocenters. The minimum absolute atomic E-state index is 0.218. The summed E-state index contributed by atoms with van der Waals surface area (Å²) in [7, 11) is 0. The number of carbonyl (C=O) groups excluding carboxylic acids is 4. The topological polar surface area (TPSA) is 127 Å². The number of hydrogen-bond donors (Lipinski definition) is 1. The number of nitro groups is 1. The molecule has 0 spiro atoms. The molecule has 1 aromatic rings. The lowest BCUT2D eigenvalue weighted by atomic mass is 10.0. The fourth-order valence-corrected chi connectivity index (χ4v) is 2.48.